The molecule has 10 N–H and O–H groups in total. The van der Waals surface area contributed by atoms with Gasteiger partial charge in [-0.1, -0.05) is 0 Å². The molecular weight excluding hydrogens is 370 g/mol. The second-order valence-corrected chi connectivity index (χ2v) is 5.50. The van der Waals surface area contributed by atoms with Gasteiger partial charge in [-0.3, -0.25) is 4.79 Å². The van der Waals surface area contributed by atoms with Crippen LogP contribution in [0.4, 0.5) is 0 Å². The molecule has 26 heavy (non-hydrogen) atoms. The first-order valence-electron chi connectivity index (χ1n) is 7.38. The molecule has 0 aromatic heterocycles. The number of carbonyl (C=O) groups is 2. The number of nitrogens with two attached hydrogens (primary N) is 3. The van der Waals surface area contributed by atoms with Gasteiger partial charge in [0.2, 0.25) is 0 Å². The minimum absolute atomic E-state index is 0.0172. The molecular formula is C13H21N5O7S. The zero-order chi connectivity index (χ0) is 20.0. The predicted molar refractivity (Wildman–Crippen MR) is 92.2 cm³/mol. The van der Waals surface area contributed by atoms with Crippen LogP contribution in [0.2, 0.25) is 0 Å². The first-order chi connectivity index (χ1) is 12.1. The van der Waals surface area contributed by atoms with Crippen molar-refractivity contribution in [3.63, 3.8) is 0 Å². The van der Waals surface area contributed by atoms with E-state index >= 15 is 0 Å². The third kappa shape index (κ3) is 5.09. The molecule has 4 atom stereocenters. The third-order valence-electron chi connectivity index (χ3n) is 3.29. The fourth-order valence-electron chi connectivity index (χ4n) is 2.01. The van der Waals surface area contributed by atoms with Crippen LogP contribution in [0.15, 0.2) is 16.4 Å². The average Bonchev–Trinajstić information content (AvgIpc) is 2.86. The maximum Gasteiger partial charge on any atom is 0.356 e. The number of carbonyl (C=O) groups excluding carboxylic acids is 2. The summed E-state index contributed by atoms with van der Waals surface area (Å²) in [4.78, 5) is 27.6. The zero-order valence-electron chi connectivity index (χ0n) is 13.8. The topological polar surface area (TPSA) is 216 Å². The van der Waals surface area contributed by atoms with Crippen LogP contribution in [-0.2, 0) is 19.1 Å². The Kier molecular flexibility index (Phi) is 7.85. The highest BCUT2D eigenvalue weighted by Crippen LogP contribution is 2.19. The minimum Gasteiger partial charge on any atom is -0.461 e. The smallest absolute Gasteiger partial charge is 0.356 e. The summed E-state index contributed by atoms with van der Waals surface area (Å²) in [5.41, 5.74) is 14.7. The molecule has 0 saturated carbocycles. The Hall–Kier alpha value is -2.32. The van der Waals surface area contributed by atoms with Crippen LogP contribution in [-0.4, -0.2) is 75.8 Å². The Balaban J connectivity index is 3.08. The lowest BCUT2D eigenvalue weighted by molar-refractivity contribution is -0.138. The maximum atomic E-state index is 12.4. The lowest BCUT2D eigenvalue weighted by atomic mass is 10.1. The van der Waals surface area contributed by atoms with Crippen LogP contribution in [0.5, 0.6) is 0 Å². The van der Waals surface area contributed by atoms with Gasteiger partial charge >= 0.3 is 5.97 Å². The standard InChI is InChI=1S/C13H21N5O7S/c1-2-24-12(23)6(15)5(14)7(17-13(16)26)10(22)18-11-9(21)8(20)4(3-19)25-11/h4,8-9,11,19-21H,2-3,14-15H2,1H3,(H2,16,26)(H,18,22). The van der Waals surface area contributed by atoms with Gasteiger partial charge in [0.25, 0.3) is 5.91 Å². The molecule has 1 fully saturated rings. The fourth-order valence-corrected chi connectivity index (χ4v) is 2.10. The summed E-state index contributed by atoms with van der Waals surface area (Å²) in [6, 6.07) is 0. The molecule has 0 aromatic rings. The summed E-state index contributed by atoms with van der Waals surface area (Å²) >= 11 is 4.60. The Morgan fingerprint density at radius 2 is 1.85 bits per heavy atom. The fraction of sp³-hybridized carbons (Fsp3) is 0.538. The number of esters is 1. The van der Waals surface area contributed by atoms with Crippen molar-refractivity contribution >= 4 is 34.9 Å². The van der Waals surface area contributed by atoms with Crippen molar-refractivity contribution in [3.05, 3.63) is 11.4 Å². The number of aliphatic hydroxyl groups excluding tert-OH is 3. The van der Waals surface area contributed by atoms with Crippen molar-refractivity contribution in [3.8, 4) is 0 Å². The monoisotopic (exact) mass is 391 g/mol. The van der Waals surface area contributed by atoms with Gasteiger partial charge in [-0.15, -0.1) is 0 Å². The molecule has 0 spiro atoms. The second-order valence-electron chi connectivity index (χ2n) is 5.08. The first kappa shape index (κ1) is 21.7. The predicted octanol–water partition coefficient (Wildman–Crippen LogP) is -4.08. The molecule has 0 bridgehead atoms. The number of ether oxygens (including phenoxy) is 2. The summed E-state index contributed by atoms with van der Waals surface area (Å²) in [7, 11) is 0. The van der Waals surface area contributed by atoms with Gasteiger partial charge in [0, 0.05) is 0 Å². The molecule has 0 aromatic carbocycles. The number of thiocarbonyl (C=S) groups is 1. The van der Waals surface area contributed by atoms with E-state index in [1.54, 1.807) is 6.92 Å². The second kappa shape index (κ2) is 9.40. The van der Waals surface area contributed by atoms with Gasteiger partial charge < -0.3 is 47.3 Å². The quantitative estimate of drug-likeness (QED) is 0.0999. The molecule has 1 saturated heterocycles. The molecule has 146 valence electrons. The Labute approximate surface area is 153 Å². The molecule has 1 aliphatic heterocycles. The number of aliphatic hydroxyl groups is 3. The zero-order valence-corrected chi connectivity index (χ0v) is 14.6. The number of aliphatic imine (C=N–C) groups is 1. The maximum absolute atomic E-state index is 12.4. The van der Waals surface area contributed by atoms with E-state index in [1.807, 2.05) is 0 Å². The summed E-state index contributed by atoms with van der Waals surface area (Å²) in [5.74, 6) is -2.03. The molecule has 0 radical (unpaired) electrons. The van der Waals surface area contributed by atoms with Crippen LogP contribution >= 0.6 is 12.2 Å². The van der Waals surface area contributed by atoms with Crippen LogP contribution in [0.1, 0.15) is 6.92 Å². The highest BCUT2D eigenvalue weighted by atomic mass is 32.1. The third-order valence-corrected chi connectivity index (χ3v) is 3.38. The lowest BCUT2D eigenvalue weighted by Crippen LogP contribution is -2.48. The highest BCUT2D eigenvalue weighted by Gasteiger charge is 2.43. The van der Waals surface area contributed by atoms with E-state index in [4.69, 9.17) is 27.0 Å². The van der Waals surface area contributed by atoms with E-state index in [9.17, 15) is 19.8 Å². The van der Waals surface area contributed by atoms with Gasteiger partial charge in [0.05, 0.1) is 18.9 Å². The number of amides is 1. The van der Waals surface area contributed by atoms with Gasteiger partial charge in [0.1, 0.15) is 24.0 Å². The molecule has 1 rings (SSSR count). The van der Waals surface area contributed by atoms with Gasteiger partial charge in [0.15, 0.2) is 17.1 Å². The SMILES string of the molecule is CCOC(=O)C(N)=C(N)C(=NC(N)=S)C(=O)NC1OC(CO)C(O)C1O. The number of hydrogen-bond donors (Lipinski definition) is 7. The molecule has 13 heteroatoms. The summed E-state index contributed by atoms with van der Waals surface area (Å²) < 4.78 is 9.78. The molecule has 1 aliphatic rings. The minimum atomic E-state index is -1.53. The van der Waals surface area contributed by atoms with E-state index in [-0.39, 0.29) is 6.61 Å². The number of nitrogens with one attached hydrogen (secondary N) is 1. The highest BCUT2D eigenvalue weighted by molar-refractivity contribution is 7.80. The first-order valence-corrected chi connectivity index (χ1v) is 7.78. The Bertz CT molecular complexity index is 638. The van der Waals surface area contributed by atoms with E-state index in [1.165, 1.54) is 0 Å². The van der Waals surface area contributed by atoms with Crippen LogP contribution in [0.25, 0.3) is 0 Å². The van der Waals surface area contributed by atoms with Gasteiger partial charge in [-0.05, 0) is 19.1 Å². The van der Waals surface area contributed by atoms with E-state index in [2.05, 4.69) is 27.3 Å². The van der Waals surface area contributed by atoms with Crippen molar-refractivity contribution in [1.82, 2.24) is 5.32 Å². The summed E-state index contributed by atoms with van der Waals surface area (Å²) in [6.45, 7) is 0.972. The van der Waals surface area contributed by atoms with E-state index in [0.717, 1.165) is 0 Å². The largest absolute Gasteiger partial charge is 0.461 e. The summed E-state index contributed by atoms with van der Waals surface area (Å²) in [6.07, 6.45) is -5.46. The van der Waals surface area contributed by atoms with Gasteiger partial charge in [-0.25, -0.2) is 9.79 Å². The van der Waals surface area contributed by atoms with E-state index < -0.39 is 65.2 Å². The molecule has 4 unspecified atom stereocenters. The Morgan fingerprint density at radius 1 is 1.23 bits per heavy atom. The van der Waals surface area contributed by atoms with E-state index in [0.29, 0.717) is 0 Å². The van der Waals surface area contributed by atoms with Crippen molar-refractivity contribution in [2.75, 3.05) is 13.2 Å². The Morgan fingerprint density at radius 3 is 2.31 bits per heavy atom. The molecule has 12 nitrogen and oxygen atoms in total. The molecule has 1 heterocycles. The van der Waals surface area contributed by atoms with Crippen molar-refractivity contribution in [1.29, 1.82) is 0 Å². The summed E-state index contributed by atoms with van der Waals surface area (Å²) in [5, 5.41) is 30.3. The van der Waals surface area contributed by atoms with Gasteiger partial charge in [-0.2, -0.15) is 0 Å². The van der Waals surface area contributed by atoms with Crippen molar-refractivity contribution < 1.29 is 34.4 Å². The van der Waals surface area contributed by atoms with Crippen LogP contribution in [0, 0.1) is 0 Å². The van der Waals surface area contributed by atoms with Crippen molar-refractivity contribution in [2.24, 2.45) is 22.2 Å². The average molecular weight is 391 g/mol. The number of nitrogens with zero attached hydrogens (tertiary/aromatic N) is 1. The van der Waals surface area contributed by atoms with Crippen LogP contribution in [0.3, 0.4) is 0 Å². The lowest BCUT2D eigenvalue weighted by Gasteiger charge is -2.17. The van der Waals surface area contributed by atoms with Crippen LogP contribution < -0.4 is 22.5 Å². The number of rotatable bonds is 6. The number of hydrogen-bond acceptors (Lipinski definition) is 10. The molecule has 1 amide bonds. The van der Waals surface area contributed by atoms with Crippen molar-refractivity contribution in [2.45, 2.75) is 31.5 Å². The normalized spacial score (nSPS) is 26.8. The molecule has 0 aliphatic carbocycles.